The Kier molecular flexibility index (Phi) is 5.74. The summed E-state index contributed by atoms with van der Waals surface area (Å²) in [6, 6.07) is 10.5. The number of carbonyl (C=O) groups is 4. The van der Waals surface area contributed by atoms with Crippen molar-refractivity contribution in [2.24, 2.45) is 0 Å². The average Bonchev–Trinajstić information content (AvgIpc) is 2.95. The lowest BCUT2D eigenvalue weighted by Gasteiger charge is -2.15. The second kappa shape index (κ2) is 8.22. The van der Waals surface area contributed by atoms with E-state index in [0.29, 0.717) is 5.69 Å². The molecule has 9 heteroatoms. The van der Waals surface area contributed by atoms with Gasteiger partial charge in [0.2, 0.25) is 17.7 Å². The van der Waals surface area contributed by atoms with Gasteiger partial charge >= 0.3 is 0 Å². The lowest BCUT2D eigenvalue weighted by molar-refractivity contribution is -0.255. The molecule has 2 aromatic rings. The molecule has 0 spiro atoms. The first-order chi connectivity index (χ1) is 13.3. The summed E-state index contributed by atoms with van der Waals surface area (Å²) in [5.41, 5.74) is 0.626. The zero-order valence-corrected chi connectivity index (χ0v) is 15.2. The molecule has 7 nitrogen and oxygen atoms in total. The van der Waals surface area contributed by atoms with Crippen LogP contribution in [-0.2, 0) is 14.4 Å². The van der Waals surface area contributed by atoms with Crippen LogP contribution in [0.25, 0.3) is 0 Å². The van der Waals surface area contributed by atoms with Crippen molar-refractivity contribution in [3.8, 4) is 0 Å². The van der Waals surface area contributed by atoms with E-state index in [0.717, 1.165) is 16.7 Å². The monoisotopic (exact) mass is 401 g/mol. The van der Waals surface area contributed by atoms with E-state index < -0.39 is 28.9 Å². The van der Waals surface area contributed by atoms with E-state index in [2.05, 4.69) is 5.32 Å². The second-order valence-electron chi connectivity index (χ2n) is 5.96. The quantitative estimate of drug-likeness (QED) is 0.729. The number of carbonyl (C=O) groups excluding carboxylic acids is 4. The van der Waals surface area contributed by atoms with Crippen molar-refractivity contribution in [3.63, 3.8) is 0 Å². The molecule has 28 heavy (non-hydrogen) atoms. The van der Waals surface area contributed by atoms with Gasteiger partial charge in [-0.15, -0.1) is 11.8 Å². The van der Waals surface area contributed by atoms with Crippen LogP contribution >= 0.6 is 11.8 Å². The Bertz CT molecular complexity index is 930. The van der Waals surface area contributed by atoms with E-state index in [1.807, 2.05) is 0 Å². The molecule has 1 N–H and O–H groups in total. The average molecular weight is 401 g/mol. The van der Waals surface area contributed by atoms with Crippen molar-refractivity contribution >= 4 is 46.8 Å². The Morgan fingerprint density at radius 2 is 1.75 bits per heavy atom. The molecule has 3 amide bonds. The normalized spacial score (nSPS) is 16.3. The smallest absolute Gasteiger partial charge is 0.247 e. The van der Waals surface area contributed by atoms with Gasteiger partial charge in [0.05, 0.1) is 22.7 Å². The third-order valence-corrected chi connectivity index (χ3v) is 5.21. The fourth-order valence-electron chi connectivity index (χ4n) is 2.66. The van der Waals surface area contributed by atoms with Gasteiger partial charge in [0.25, 0.3) is 0 Å². The SMILES string of the molecule is O=C(CS[C@H]1CC(=O)N(c2ccc(C(=O)[O-])cc2)C1=O)Nc1ccc(F)cc1. The van der Waals surface area contributed by atoms with Gasteiger partial charge in [-0.1, -0.05) is 12.1 Å². The Morgan fingerprint density at radius 3 is 2.36 bits per heavy atom. The largest absolute Gasteiger partial charge is 0.545 e. The molecule has 1 fully saturated rings. The van der Waals surface area contributed by atoms with Crippen LogP contribution in [0, 0.1) is 5.82 Å². The van der Waals surface area contributed by atoms with Crippen molar-refractivity contribution in [1.29, 1.82) is 0 Å². The summed E-state index contributed by atoms with van der Waals surface area (Å²) in [5.74, 6) is -3.11. The molecule has 3 rings (SSSR count). The Morgan fingerprint density at radius 1 is 1.11 bits per heavy atom. The highest BCUT2D eigenvalue weighted by Crippen LogP contribution is 2.30. The standard InChI is InChI=1S/C19H15FN2O5S/c20-12-3-5-13(6-4-12)21-16(23)10-28-15-9-17(24)22(18(15)25)14-7-1-11(2-8-14)19(26)27/h1-8,15H,9-10H2,(H,21,23)(H,26,27)/p-1/t15-/m0/s1. The Balaban J connectivity index is 1.59. The number of imide groups is 1. The number of nitrogens with one attached hydrogen (secondary N) is 1. The van der Waals surface area contributed by atoms with Crippen molar-refractivity contribution in [3.05, 3.63) is 59.9 Å². The summed E-state index contributed by atoms with van der Waals surface area (Å²) in [5, 5.41) is 12.7. The number of aromatic carboxylic acids is 1. The van der Waals surface area contributed by atoms with E-state index in [4.69, 9.17) is 0 Å². The number of anilines is 2. The van der Waals surface area contributed by atoms with Gasteiger partial charge in [-0.25, -0.2) is 9.29 Å². The highest BCUT2D eigenvalue weighted by Gasteiger charge is 2.40. The first kappa shape index (κ1) is 19.6. The molecule has 1 aliphatic rings. The number of hydrogen-bond acceptors (Lipinski definition) is 6. The van der Waals surface area contributed by atoms with Crippen LogP contribution in [0.5, 0.6) is 0 Å². The van der Waals surface area contributed by atoms with Gasteiger partial charge in [0.15, 0.2) is 0 Å². The van der Waals surface area contributed by atoms with Crippen LogP contribution in [0.15, 0.2) is 48.5 Å². The van der Waals surface area contributed by atoms with Gasteiger partial charge in [-0.3, -0.25) is 14.4 Å². The molecule has 0 aromatic heterocycles. The number of nitrogens with zero attached hydrogens (tertiary/aromatic N) is 1. The summed E-state index contributed by atoms with van der Waals surface area (Å²) >= 11 is 1.03. The lowest BCUT2D eigenvalue weighted by Crippen LogP contribution is -2.31. The molecule has 0 radical (unpaired) electrons. The minimum atomic E-state index is -1.36. The highest BCUT2D eigenvalue weighted by molar-refractivity contribution is 8.01. The van der Waals surface area contributed by atoms with Crippen molar-refractivity contribution in [2.75, 3.05) is 16.0 Å². The molecular formula is C19H14FN2O5S-. The third kappa shape index (κ3) is 4.37. The number of carboxylic acid groups (broad SMARTS) is 1. The third-order valence-electron chi connectivity index (χ3n) is 4.01. The summed E-state index contributed by atoms with van der Waals surface area (Å²) < 4.78 is 12.9. The number of carboxylic acids is 1. The lowest BCUT2D eigenvalue weighted by atomic mass is 10.2. The molecule has 2 aromatic carbocycles. The number of thioether (sulfide) groups is 1. The fraction of sp³-hybridized carbons (Fsp3) is 0.158. The van der Waals surface area contributed by atoms with Gasteiger partial charge in [0, 0.05) is 12.1 Å². The first-order valence-corrected chi connectivity index (χ1v) is 9.25. The Labute approximate surface area is 163 Å². The number of amides is 3. The maximum absolute atomic E-state index is 12.9. The van der Waals surface area contributed by atoms with Crippen LogP contribution < -0.4 is 15.3 Å². The molecule has 1 atom stereocenters. The second-order valence-corrected chi connectivity index (χ2v) is 7.15. The Hall–Kier alpha value is -3.20. The predicted molar refractivity (Wildman–Crippen MR) is 99.2 cm³/mol. The predicted octanol–water partition coefficient (Wildman–Crippen LogP) is 1.19. The van der Waals surface area contributed by atoms with Crippen molar-refractivity contribution in [1.82, 2.24) is 0 Å². The molecule has 1 aliphatic heterocycles. The molecule has 0 saturated carbocycles. The van der Waals surface area contributed by atoms with Gasteiger partial charge in [-0.05, 0) is 42.0 Å². The molecule has 0 aliphatic carbocycles. The molecule has 0 unspecified atom stereocenters. The van der Waals surface area contributed by atoms with E-state index in [-0.39, 0.29) is 29.3 Å². The molecular weight excluding hydrogens is 387 g/mol. The number of halogens is 1. The van der Waals surface area contributed by atoms with Crippen LogP contribution in [-0.4, -0.2) is 34.7 Å². The van der Waals surface area contributed by atoms with Crippen molar-refractivity contribution in [2.45, 2.75) is 11.7 Å². The molecule has 1 heterocycles. The van der Waals surface area contributed by atoms with Crippen LogP contribution in [0.2, 0.25) is 0 Å². The maximum Gasteiger partial charge on any atom is 0.247 e. The van der Waals surface area contributed by atoms with Crippen molar-refractivity contribution < 1.29 is 28.7 Å². The van der Waals surface area contributed by atoms with E-state index in [9.17, 15) is 28.7 Å². The maximum atomic E-state index is 12.9. The molecule has 0 bridgehead atoms. The van der Waals surface area contributed by atoms with Crippen LogP contribution in [0.4, 0.5) is 15.8 Å². The zero-order valence-electron chi connectivity index (χ0n) is 14.4. The van der Waals surface area contributed by atoms with Crippen LogP contribution in [0.3, 0.4) is 0 Å². The fourth-order valence-corrected chi connectivity index (χ4v) is 3.59. The van der Waals surface area contributed by atoms with E-state index in [1.54, 1.807) is 0 Å². The zero-order chi connectivity index (χ0) is 20.3. The number of rotatable bonds is 6. The number of benzene rings is 2. The topological polar surface area (TPSA) is 107 Å². The highest BCUT2D eigenvalue weighted by atomic mass is 32.2. The van der Waals surface area contributed by atoms with Gasteiger partial charge < -0.3 is 15.2 Å². The van der Waals surface area contributed by atoms with Crippen LogP contribution in [0.1, 0.15) is 16.8 Å². The minimum Gasteiger partial charge on any atom is -0.545 e. The van der Waals surface area contributed by atoms with E-state index >= 15 is 0 Å². The van der Waals surface area contributed by atoms with E-state index in [1.165, 1.54) is 48.5 Å². The summed E-state index contributed by atoms with van der Waals surface area (Å²) in [6.07, 6.45) is -0.0600. The molecule has 1 saturated heterocycles. The summed E-state index contributed by atoms with van der Waals surface area (Å²) in [4.78, 5) is 48.5. The number of hydrogen-bond donors (Lipinski definition) is 1. The first-order valence-electron chi connectivity index (χ1n) is 8.20. The van der Waals surface area contributed by atoms with Gasteiger partial charge in [0.1, 0.15) is 5.82 Å². The minimum absolute atomic E-state index is 0.0570. The summed E-state index contributed by atoms with van der Waals surface area (Å²) in [6.45, 7) is 0. The van der Waals surface area contributed by atoms with Gasteiger partial charge in [-0.2, -0.15) is 0 Å². The molecule has 144 valence electrons. The summed E-state index contributed by atoms with van der Waals surface area (Å²) in [7, 11) is 0.